The zero-order valence-corrected chi connectivity index (χ0v) is 13.9. The lowest BCUT2D eigenvalue weighted by Crippen LogP contribution is -2.12. The smallest absolute Gasteiger partial charge is 0.0634 e. The van der Waals surface area contributed by atoms with Crippen LogP contribution in [0.4, 0.5) is 0 Å². The maximum Gasteiger partial charge on any atom is 0.0634 e. The largest absolute Gasteiger partial charge is 0.392 e. The molecule has 18 heavy (non-hydrogen) atoms. The Hall–Kier alpha value is 0.01000. The average Bonchev–Trinajstić information content (AvgIpc) is 2.26. The van der Waals surface area contributed by atoms with Crippen LogP contribution in [-0.4, -0.2) is 17.0 Å². The maximum absolute atomic E-state index is 9.93. The Morgan fingerprint density at radius 1 is 1.22 bits per heavy atom. The lowest BCUT2D eigenvalue weighted by atomic mass is 9.89. The molecule has 1 unspecified atom stereocenters. The average molecular weight is 331 g/mol. The number of hydrogen-bond acceptors (Lipinski definition) is 2. The van der Waals surface area contributed by atoms with Crippen LogP contribution in [0, 0.1) is 5.41 Å². The molecule has 0 aliphatic heterocycles. The fourth-order valence-corrected chi connectivity index (χ4v) is 2.82. The van der Waals surface area contributed by atoms with E-state index in [-0.39, 0.29) is 6.10 Å². The van der Waals surface area contributed by atoms with Gasteiger partial charge in [0.05, 0.1) is 6.10 Å². The highest BCUT2D eigenvalue weighted by molar-refractivity contribution is 9.10. The summed E-state index contributed by atoms with van der Waals surface area (Å²) in [5.74, 6) is 0.784. The van der Waals surface area contributed by atoms with E-state index < -0.39 is 0 Å². The van der Waals surface area contributed by atoms with Gasteiger partial charge in [-0.2, -0.15) is 0 Å². The molecule has 0 fully saturated rings. The molecule has 1 N–H and O–H groups in total. The van der Waals surface area contributed by atoms with E-state index in [0.29, 0.717) is 5.41 Å². The Kier molecular flexibility index (Phi) is 6.75. The molecule has 0 saturated carbocycles. The van der Waals surface area contributed by atoms with Crippen LogP contribution in [0.25, 0.3) is 0 Å². The van der Waals surface area contributed by atoms with E-state index in [4.69, 9.17) is 0 Å². The van der Waals surface area contributed by atoms with Crippen molar-refractivity contribution in [3.05, 3.63) is 28.7 Å². The molecule has 0 saturated heterocycles. The molecule has 0 aliphatic carbocycles. The monoisotopic (exact) mass is 330 g/mol. The molecular weight excluding hydrogens is 308 g/mol. The highest BCUT2D eigenvalue weighted by atomic mass is 79.9. The lowest BCUT2D eigenvalue weighted by Gasteiger charge is -2.18. The molecule has 0 bridgehead atoms. The quantitative estimate of drug-likeness (QED) is 0.730. The van der Waals surface area contributed by atoms with Crippen molar-refractivity contribution >= 4 is 27.7 Å². The first kappa shape index (κ1) is 16.1. The molecular formula is C15H23BrOS. The van der Waals surface area contributed by atoms with Gasteiger partial charge in [-0.05, 0) is 42.5 Å². The van der Waals surface area contributed by atoms with Crippen molar-refractivity contribution in [1.29, 1.82) is 0 Å². The Labute approximate surface area is 124 Å². The zero-order chi connectivity index (χ0) is 13.6. The van der Waals surface area contributed by atoms with Crippen LogP contribution >= 0.6 is 27.7 Å². The van der Waals surface area contributed by atoms with Crippen LogP contribution in [0.3, 0.4) is 0 Å². The van der Waals surface area contributed by atoms with Crippen LogP contribution < -0.4 is 0 Å². The van der Waals surface area contributed by atoms with Gasteiger partial charge in [-0.1, -0.05) is 43.1 Å². The van der Waals surface area contributed by atoms with Crippen LogP contribution in [0.5, 0.6) is 0 Å². The lowest BCUT2D eigenvalue weighted by molar-refractivity contribution is 0.178. The summed E-state index contributed by atoms with van der Waals surface area (Å²) in [5.41, 5.74) is 0.374. The van der Waals surface area contributed by atoms with Gasteiger partial charge < -0.3 is 5.11 Å². The van der Waals surface area contributed by atoms with Gasteiger partial charge in [-0.25, -0.2) is 0 Å². The van der Waals surface area contributed by atoms with Gasteiger partial charge in [0.2, 0.25) is 0 Å². The zero-order valence-electron chi connectivity index (χ0n) is 11.4. The number of rotatable bonds is 6. The number of aliphatic hydroxyl groups is 1. The second-order valence-corrected chi connectivity index (χ2v) is 7.88. The summed E-state index contributed by atoms with van der Waals surface area (Å²) in [6.07, 6.45) is 2.99. The fraction of sp³-hybridized carbons (Fsp3) is 0.600. The van der Waals surface area contributed by atoms with Crippen molar-refractivity contribution in [1.82, 2.24) is 0 Å². The fourth-order valence-electron chi connectivity index (χ4n) is 1.67. The molecule has 0 aromatic heterocycles. The number of halogens is 1. The number of aliphatic hydroxyl groups excluding tert-OH is 1. The van der Waals surface area contributed by atoms with E-state index in [9.17, 15) is 5.11 Å². The molecule has 102 valence electrons. The van der Waals surface area contributed by atoms with Crippen molar-refractivity contribution in [3.63, 3.8) is 0 Å². The summed E-state index contributed by atoms with van der Waals surface area (Å²) in [7, 11) is 0. The minimum absolute atomic E-state index is 0.194. The number of hydrogen-bond donors (Lipinski definition) is 1. The molecule has 0 aliphatic rings. The Morgan fingerprint density at radius 2 is 1.83 bits per heavy atom. The van der Waals surface area contributed by atoms with Gasteiger partial charge >= 0.3 is 0 Å². The van der Waals surface area contributed by atoms with Crippen LogP contribution in [-0.2, 0) is 0 Å². The van der Waals surface area contributed by atoms with E-state index in [1.807, 2.05) is 12.1 Å². The molecule has 1 aromatic rings. The standard InChI is InChI=1S/C15H23BrOS/c1-15(2,3)10-4-5-13(17)11-18-14-8-6-12(16)7-9-14/h6-9,13,17H,4-5,10-11H2,1-3H3. The van der Waals surface area contributed by atoms with Crippen molar-refractivity contribution in [2.45, 2.75) is 51.0 Å². The van der Waals surface area contributed by atoms with E-state index in [1.165, 1.54) is 11.3 Å². The SMILES string of the molecule is CC(C)(C)CCCC(O)CSc1ccc(Br)cc1. The molecule has 3 heteroatoms. The van der Waals surface area contributed by atoms with E-state index in [0.717, 1.165) is 23.1 Å². The van der Waals surface area contributed by atoms with Crippen LogP contribution in [0.2, 0.25) is 0 Å². The number of benzene rings is 1. The van der Waals surface area contributed by atoms with Crippen molar-refractivity contribution in [2.24, 2.45) is 5.41 Å². The van der Waals surface area contributed by atoms with E-state index in [1.54, 1.807) is 11.8 Å². The summed E-state index contributed by atoms with van der Waals surface area (Å²) in [6, 6.07) is 8.23. The topological polar surface area (TPSA) is 20.2 Å². The second kappa shape index (κ2) is 7.56. The minimum atomic E-state index is -0.194. The maximum atomic E-state index is 9.93. The third kappa shape index (κ3) is 7.45. The van der Waals surface area contributed by atoms with Gasteiger partial charge in [-0.15, -0.1) is 11.8 Å². The van der Waals surface area contributed by atoms with Gasteiger partial charge in [0, 0.05) is 15.1 Å². The summed E-state index contributed by atoms with van der Waals surface area (Å²) in [4.78, 5) is 1.22. The first-order chi connectivity index (χ1) is 8.37. The molecule has 1 atom stereocenters. The molecule has 0 spiro atoms. The van der Waals surface area contributed by atoms with Crippen molar-refractivity contribution < 1.29 is 5.11 Å². The molecule has 0 radical (unpaired) electrons. The van der Waals surface area contributed by atoms with E-state index >= 15 is 0 Å². The Morgan fingerprint density at radius 3 is 2.39 bits per heavy atom. The summed E-state index contributed by atoms with van der Waals surface area (Å²) in [5, 5.41) is 9.93. The number of thioether (sulfide) groups is 1. The predicted molar refractivity (Wildman–Crippen MR) is 84.2 cm³/mol. The van der Waals surface area contributed by atoms with Crippen molar-refractivity contribution in [2.75, 3.05) is 5.75 Å². The van der Waals surface area contributed by atoms with Gasteiger partial charge in [0.1, 0.15) is 0 Å². The molecule has 1 nitrogen and oxygen atoms in total. The third-order valence-corrected chi connectivity index (χ3v) is 4.41. The minimum Gasteiger partial charge on any atom is -0.392 e. The molecule has 0 heterocycles. The van der Waals surface area contributed by atoms with Crippen LogP contribution in [0.1, 0.15) is 40.0 Å². The Bertz CT molecular complexity index is 343. The summed E-state index contributed by atoms with van der Waals surface area (Å²) in [6.45, 7) is 6.74. The van der Waals surface area contributed by atoms with Gasteiger partial charge in [0.15, 0.2) is 0 Å². The summed E-state index contributed by atoms with van der Waals surface area (Å²) < 4.78 is 1.09. The van der Waals surface area contributed by atoms with Crippen molar-refractivity contribution in [3.8, 4) is 0 Å². The van der Waals surface area contributed by atoms with Gasteiger partial charge in [-0.3, -0.25) is 0 Å². The Balaban J connectivity index is 2.21. The first-order valence-corrected chi connectivity index (χ1v) is 8.21. The highest BCUT2D eigenvalue weighted by Gasteiger charge is 2.11. The molecule has 0 amide bonds. The highest BCUT2D eigenvalue weighted by Crippen LogP contribution is 2.25. The summed E-state index contributed by atoms with van der Waals surface area (Å²) >= 11 is 5.14. The predicted octanol–water partition coefficient (Wildman–Crippen LogP) is 5.12. The molecule has 1 rings (SSSR count). The first-order valence-electron chi connectivity index (χ1n) is 6.43. The second-order valence-electron chi connectivity index (χ2n) is 5.87. The van der Waals surface area contributed by atoms with E-state index in [2.05, 4.69) is 48.8 Å². The third-order valence-electron chi connectivity index (χ3n) is 2.72. The normalized spacial score (nSPS) is 13.6. The van der Waals surface area contributed by atoms with Crippen LogP contribution in [0.15, 0.2) is 33.6 Å². The molecule has 1 aromatic carbocycles. The van der Waals surface area contributed by atoms with Gasteiger partial charge in [0.25, 0.3) is 0 Å².